The summed E-state index contributed by atoms with van der Waals surface area (Å²) in [5, 5.41) is 6.64. The molecule has 10 nitrogen and oxygen atoms in total. The Morgan fingerprint density at radius 1 is 1.18 bits per heavy atom. The van der Waals surface area contributed by atoms with Gasteiger partial charge in [-0.15, -0.1) is 0 Å². The van der Waals surface area contributed by atoms with Crippen LogP contribution in [0.15, 0.2) is 41.6 Å². The van der Waals surface area contributed by atoms with Crippen molar-refractivity contribution < 1.29 is 33.8 Å². The number of hydrogen-bond donors (Lipinski definition) is 3. The minimum Gasteiger partial charge on any atom is -0.477 e. The molecule has 5 N–H and O–H groups in total. The molecule has 3 atom stereocenters. The number of hydrogen-bond acceptors (Lipinski definition) is 7. The highest BCUT2D eigenvalue weighted by molar-refractivity contribution is 8.56. The Morgan fingerprint density at radius 3 is 2.30 bits per heavy atom. The fourth-order valence-corrected chi connectivity index (χ4v) is 9.06. The van der Waals surface area contributed by atoms with Crippen LogP contribution in [0.4, 0.5) is 4.79 Å². The number of benzene rings is 1. The number of halogens is 3. The molecular weight excluding hydrogens is 521 g/mol. The molecule has 2 aliphatic heterocycles. The topological polar surface area (TPSA) is 170 Å². The van der Waals surface area contributed by atoms with Crippen LogP contribution in [0, 0.1) is 0 Å². The molecule has 1 aromatic carbocycles. The highest BCUT2D eigenvalue weighted by atomic mass is 35.6. The summed E-state index contributed by atoms with van der Waals surface area (Å²) in [7, 11) is -3.44. The molecule has 178 valence electrons. The lowest BCUT2D eigenvalue weighted by molar-refractivity contribution is -0.148. The van der Waals surface area contributed by atoms with Gasteiger partial charge in [0.05, 0.1) is 0 Å². The second-order valence-corrected chi connectivity index (χ2v) is 12.7. The molecule has 0 radical (unpaired) electrons. The normalized spacial score (nSPS) is 26.5. The highest BCUT2D eigenvalue weighted by Gasteiger charge is 2.66. The van der Waals surface area contributed by atoms with Gasteiger partial charge in [-0.05, 0) is 5.56 Å². The van der Waals surface area contributed by atoms with Crippen molar-refractivity contribution in [3.63, 3.8) is 0 Å². The van der Waals surface area contributed by atoms with Crippen molar-refractivity contribution >= 4 is 73.0 Å². The van der Waals surface area contributed by atoms with Crippen LogP contribution in [0.25, 0.3) is 0 Å². The lowest BCUT2D eigenvalue weighted by Crippen LogP contribution is -2.73. The lowest BCUT2D eigenvalue weighted by Gasteiger charge is -2.59. The molecule has 0 saturated carbocycles. The van der Waals surface area contributed by atoms with Gasteiger partial charge in [0, 0.05) is 17.7 Å². The zero-order chi connectivity index (χ0) is 24.7. The van der Waals surface area contributed by atoms with Crippen LogP contribution in [-0.4, -0.2) is 65.8 Å². The molecule has 3 unspecified atom stereocenters. The Labute approximate surface area is 204 Å². The van der Waals surface area contributed by atoms with E-state index in [0.717, 1.165) is 4.90 Å². The van der Waals surface area contributed by atoms with Gasteiger partial charge in [-0.1, -0.05) is 75.2 Å². The van der Waals surface area contributed by atoms with Gasteiger partial charge in [-0.2, -0.15) is 0 Å². The fraction of sp³-hybridized carbons (Fsp3) is 0.316. The quantitative estimate of drug-likeness (QED) is 0.373. The summed E-state index contributed by atoms with van der Waals surface area (Å²) in [4.78, 5) is 63.7. The largest absolute Gasteiger partial charge is 0.477 e. The maximum Gasteiger partial charge on any atom is 0.404 e. The number of carboxylic acids is 1. The van der Waals surface area contributed by atoms with Crippen LogP contribution < -0.4 is 11.5 Å². The predicted octanol–water partition coefficient (Wildman–Crippen LogP) is 1.40. The number of rotatable bonds is 5. The number of aliphatic carboxylic acids is 1. The molecular formula is C19H18Cl3N3O7S. The van der Waals surface area contributed by atoms with E-state index < -0.39 is 71.5 Å². The second kappa shape index (κ2) is 9.15. The van der Waals surface area contributed by atoms with E-state index >= 15 is 0 Å². The summed E-state index contributed by atoms with van der Waals surface area (Å²) in [6.45, 7) is -0.691. The first-order chi connectivity index (χ1) is 15.3. The fourth-order valence-electron chi connectivity index (χ4n) is 3.87. The van der Waals surface area contributed by atoms with Crippen molar-refractivity contribution in [1.29, 1.82) is 0 Å². The molecule has 1 aromatic rings. The summed E-state index contributed by atoms with van der Waals surface area (Å²) >= 11 is 17.8. The molecule has 1 fully saturated rings. The highest BCUT2D eigenvalue weighted by Crippen LogP contribution is 2.67. The zero-order valence-corrected chi connectivity index (χ0v) is 19.8. The molecule has 14 heteroatoms. The van der Waals surface area contributed by atoms with Gasteiger partial charge in [-0.25, -0.2) is 9.59 Å². The van der Waals surface area contributed by atoms with Crippen LogP contribution in [-0.2, 0) is 30.3 Å². The Balaban J connectivity index is 2.21. The van der Waals surface area contributed by atoms with Gasteiger partial charge in [0.25, 0.3) is 3.79 Å². The molecule has 2 heterocycles. The van der Waals surface area contributed by atoms with Crippen LogP contribution >= 0.6 is 44.8 Å². The number of β-lactam (4-membered cyclic amide) rings is 1. The number of primary amides is 1. The number of carbonyl (C=O) groups is 5. The summed E-state index contributed by atoms with van der Waals surface area (Å²) in [6.07, 6.45) is -1.50. The van der Waals surface area contributed by atoms with Crippen LogP contribution in [0.2, 0.25) is 0 Å². The first-order valence-corrected chi connectivity index (χ1v) is 12.3. The Hall–Kier alpha value is -2.31. The number of amides is 2. The van der Waals surface area contributed by atoms with Gasteiger partial charge in [0.15, 0.2) is 5.12 Å². The monoisotopic (exact) mass is 537 g/mol. The number of nitrogens with two attached hydrogens (primary N) is 2. The van der Waals surface area contributed by atoms with E-state index in [9.17, 15) is 29.1 Å². The van der Waals surface area contributed by atoms with Crippen molar-refractivity contribution in [3.05, 3.63) is 47.2 Å². The van der Waals surface area contributed by atoms with Crippen LogP contribution in [0.5, 0.6) is 0 Å². The molecule has 1 saturated heterocycles. The van der Waals surface area contributed by atoms with E-state index in [1.807, 2.05) is 0 Å². The summed E-state index contributed by atoms with van der Waals surface area (Å²) in [6, 6.07) is 7.01. The minimum atomic E-state index is -3.44. The molecule has 0 spiro atoms. The van der Waals surface area contributed by atoms with Gasteiger partial charge in [0.2, 0.25) is 11.0 Å². The van der Waals surface area contributed by atoms with Crippen molar-refractivity contribution in [2.24, 2.45) is 11.5 Å². The first-order valence-electron chi connectivity index (χ1n) is 9.26. The number of carboxylic acid groups (broad SMARTS) is 1. The van der Waals surface area contributed by atoms with Crippen LogP contribution in [0.3, 0.4) is 0 Å². The smallest absolute Gasteiger partial charge is 0.404 e. The Bertz CT molecular complexity index is 1080. The molecule has 2 amide bonds. The van der Waals surface area contributed by atoms with Crippen molar-refractivity contribution in [2.75, 3.05) is 12.4 Å². The summed E-state index contributed by atoms with van der Waals surface area (Å²) in [5.74, 6) is -2.91. The van der Waals surface area contributed by atoms with Gasteiger partial charge < -0.3 is 21.3 Å². The molecule has 3 rings (SSSR count). The lowest BCUT2D eigenvalue weighted by atomic mass is 10.0. The van der Waals surface area contributed by atoms with Crippen molar-refractivity contribution in [3.8, 4) is 0 Å². The molecule has 2 aliphatic rings. The average Bonchev–Trinajstić information content (AvgIpc) is 2.75. The van der Waals surface area contributed by atoms with E-state index in [1.54, 1.807) is 30.3 Å². The third kappa shape index (κ3) is 4.43. The van der Waals surface area contributed by atoms with E-state index in [4.69, 9.17) is 51.0 Å². The number of ether oxygens (including phenoxy) is 1. The molecule has 0 aliphatic carbocycles. The maximum atomic E-state index is 13.7. The van der Waals surface area contributed by atoms with E-state index in [0.29, 0.717) is 5.56 Å². The maximum absolute atomic E-state index is 13.7. The zero-order valence-electron chi connectivity index (χ0n) is 16.7. The van der Waals surface area contributed by atoms with Gasteiger partial charge >= 0.3 is 12.1 Å². The van der Waals surface area contributed by atoms with Gasteiger partial charge in [0.1, 0.15) is 23.7 Å². The van der Waals surface area contributed by atoms with E-state index in [1.165, 1.54) is 0 Å². The minimum absolute atomic E-state index is 0.197. The SMILES string of the molecule is NC(=O)OCC1=C(C(=O)O)N2C(=O)C(N)C2S(C(=O)Cc2ccccc2)(C(=O)C(Cl)(Cl)Cl)C1. The number of carbonyl (C=O) groups excluding carboxylic acids is 4. The van der Waals surface area contributed by atoms with Crippen molar-refractivity contribution in [2.45, 2.75) is 21.6 Å². The third-order valence-corrected chi connectivity index (χ3v) is 10.1. The van der Waals surface area contributed by atoms with E-state index in [-0.39, 0.29) is 12.0 Å². The molecule has 0 aromatic heterocycles. The second-order valence-electron chi connectivity index (χ2n) is 7.25. The van der Waals surface area contributed by atoms with E-state index in [2.05, 4.69) is 0 Å². The summed E-state index contributed by atoms with van der Waals surface area (Å²) < 4.78 is 2.16. The Kier molecular flexibility index (Phi) is 7.02. The Morgan fingerprint density at radius 2 is 1.79 bits per heavy atom. The number of nitrogens with zero attached hydrogens (tertiary/aromatic N) is 1. The molecule has 0 bridgehead atoms. The van der Waals surface area contributed by atoms with Crippen LogP contribution in [0.1, 0.15) is 5.56 Å². The summed E-state index contributed by atoms with van der Waals surface area (Å²) in [5.41, 5.74) is 10.8. The third-order valence-electron chi connectivity index (χ3n) is 5.23. The van der Waals surface area contributed by atoms with Gasteiger partial charge in [-0.3, -0.25) is 19.3 Å². The number of alkyl halides is 3. The standard InChI is InChI=1S/C19H18Cl3N3O7S/c20-19(21,22)17(30)33(11(26)6-9-4-2-1-3-5-9)8-10(7-32-18(24)31)13(16(28)29)25-14(27)12(23)15(25)33/h1-5,12,15H,6-8,23H2,(H2,24,31)(H,28,29). The predicted molar refractivity (Wildman–Crippen MR) is 122 cm³/mol. The first kappa shape index (κ1) is 25.3. The average molecular weight is 539 g/mol. The molecule has 33 heavy (non-hydrogen) atoms. The number of fused-ring (bicyclic) bond motifs is 1. The van der Waals surface area contributed by atoms with Crippen molar-refractivity contribution in [1.82, 2.24) is 4.90 Å².